The van der Waals surface area contributed by atoms with Crippen molar-refractivity contribution in [3.63, 3.8) is 0 Å². The van der Waals surface area contributed by atoms with E-state index in [4.69, 9.17) is 10.5 Å². The molecule has 0 bridgehead atoms. The number of hydrogen-bond acceptors (Lipinski definition) is 5. The van der Waals surface area contributed by atoms with E-state index in [2.05, 4.69) is 4.74 Å². The maximum absolute atomic E-state index is 11.3. The number of carbonyl (C=O) groups is 2. The van der Waals surface area contributed by atoms with E-state index >= 15 is 0 Å². The second kappa shape index (κ2) is 5.81. The van der Waals surface area contributed by atoms with Gasteiger partial charge in [0.2, 0.25) is 5.91 Å². The molecule has 16 heavy (non-hydrogen) atoms. The molecule has 1 rings (SSSR count). The highest BCUT2D eigenvalue weighted by Gasteiger charge is 2.32. The van der Waals surface area contributed by atoms with Crippen molar-refractivity contribution in [1.82, 2.24) is 4.90 Å². The number of carbonyl (C=O) groups excluding carboxylic acids is 2. The van der Waals surface area contributed by atoms with Crippen LogP contribution in [0, 0.1) is 0 Å². The van der Waals surface area contributed by atoms with Crippen molar-refractivity contribution in [2.75, 3.05) is 26.8 Å². The summed E-state index contributed by atoms with van der Waals surface area (Å²) < 4.78 is 9.87. The lowest BCUT2D eigenvalue weighted by molar-refractivity contribution is -0.161. The van der Waals surface area contributed by atoms with Gasteiger partial charge in [0, 0.05) is 13.1 Å². The Balaban J connectivity index is 2.62. The maximum atomic E-state index is 11.3. The van der Waals surface area contributed by atoms with Gasteiger partial charge in [-0.1, -0.05) is 6.92 Å². The van der Waals surface area contributed by atoms with Crippen molar-refractivity contribution >= 4 is 11.9 Å². The molecule has 1 aliphatic heterocycles. The molecule has 0 radical (unpaired) electrons. The molecular weight excluding hydrogens is 212 g/mol. The summed E-state index contributed by atoms with van der Waals surface area (Å²) in [7, 11) is 1.32. The first kappa shape index (κ1) is 12.9. The number of amides is 1. The van der Waals surface area contributed by atoms with Crippen LogP contribution in [0.3, 0.4) is 0 Å². The molecular formula is C10H18N2O4. The Labute approximate surface area is 94.7 Å². The molecule has 1 amide bonds. The highest BCUT2D eigenvalue weighted by atomic mass is 16.6. The fourth-order valence-corrected chi connectivity index (χ4v) is 1.87. The van der Waals surface area contributed by atoms with Gasteiger partial charge in [0.15, 0.2) is 6.10 Å². The lowest BCUT2D eigenvalue weighted by Crippen LogP contribution is -2.54. The number of nitrogens with zero attached hydrogens (tertiary/aromatic N) is 1. The highest BCUT2D eigenvalue weighted by molar-refractivity contribution is 5.80. The molecule has 0 aromatic carbocycles. The third-order valence-corrected chi connectivity index (χ3v) is 2.72. The molecule has 6 nitrogen and oxygen atoms in total. The second-order valence-electron chi connectivity index (χ2n) is 3.70. The first-order valence-electron chi connectivity index (χ1n) is 5.33. The van der Waals surface area contributed by atoms with Gasteiger partial charge in [-0.3, -0.25) is 9.69 Å². The minimum Gasteiger partial charge on any atom is -0.467 e. The first-order chi connectivity index (χ1) is 7.60. The third kappa shape index (κ3) is 2.93. The quantitative estimate of drug-likeness (QED) is 0.634. The molecule has 0 spiro atoms. The number of rotatable bonds is 4. The van der Waals surface area contributed by atoms with Gasteiger partial charge >= 0.3 is 5.97 Å². The zero-order valence-electron chi connectivity index (χ0n) is 9.64. The molecule has 0 saturated carbocycles. The van der Waals surface area contributed by atoms with Crippen LogP contribution in [0.4, 0.5) is 0 Å². The summed E-state index contributed by atoms with van der Waals surface area (Å²) in [6.45, 7) is 3.25. The van der Waals surface area contributed by atoms with E-state index in [1.807, 2.05) is 11.8 Å². The molecule has 2 N–H and O–H groups in total. The van der Waals surface area contributed by atoms with E-state index in [0.717, 1.165) is 0 Å². The molecule has 1 saturated heterocycles. The Morgan fingerprint density at radius 3 is 2.81 bits per heavy atom. The monoisotopic (exact) mass is 230 g/mol. The van der Waals surface area contributed by atoms with Crippen LogP contribution in [0.2, 0.25) is 0 Å². The molecule has 6 heteroatoms. The van der Waals surface area contributed by atoms with Crippen LogP contribution in [0.25, 0.3) is 0 Å². The average molecular weight is 230 g/mol. The van der Waals surface area contributed by atoms with Crippen LogP contribution in [0.15, 0.2) is 0 Å². The van der Waals surface area contributed by atoms with Crippen molar-refractivity contribution in [2.24, 2.45) is 5.73 Å². The number of methoxy groups -OCH3 is 1. The van der Waals surface area contributed by atoms with Crippen molar-refractivity contribution < 1.29 is 19.1 Å². The van der Waals surface area contributed by atoms with E-state index in [1.165, 1.54) is 7.11 Å². The predicted octanol–water partition coefficient (Wildman–Crippen LogP) is -0.876. The Morgan fingerprint density at radius 1 is 1.62 bits per heavy atom. The summed E-state index contributed by atoms with van der Waals surface area (Å²) in [5, 5.41) is 0. The summed E-state index contributed by atoms with van der Waals surface area (Å²) in [6.07, 6.45) is 0.00982. The van der Waals surface area contributed by atoms with Crippen molar-refractivity contribution in [3.05, 3.63) is 0 Å². The zero-order valence-corrected chi connectivity index (χ0v) is 9.64. The maximum Gasteiger partial charge on any atom is 0.336 e. The average Bonchev–Trinajstić information content (AvgIpc) is 2.29. The van der Waals surface area contributed by atoms with Crippen LogP contribution in [-0.4, -0.2) is 55.7 Å². The van der Waals surface area contributed by atoms with Gasteiger partial charge < -0.3 is 15.2 Å². The third-order valence-electron chi connectivity index (χ3n) is 2.72. The number of esters is 1. The lowest BCUT2D eigenvalue weighted by atomic mass is 10.1. The van der Waals surface area contributed by atoms with Gasteiger partial charge in [0.05, 0.1) is 19.8 Å². The molecule has 0 aromatic rings. The van der Waals surface area contributed by atoms with Crippen LogP contribution in [0.5, 0.6) is 0 Å². The summed E-state index contributed by atoms with van der Waals surface area (Å²) in [6, 6.07) is -0.337. The molecule has 0 aliphatic carbocycles. The molecule has 92 valence electrons. The molecule has 1 fully saturated rings. The van der Waals surface area contributed by atoms with Crippen LogP contribution >= 0.6 is 0 Å². The number of hydrogen-bond donors (Lipinski definition) is 1. The van der Waals surface area contributed by atoms with Crippen LogP contribution in [-0.2, 0) is 19.1 Å². The Morgan fingerprint density at radius 2 is 2.31 bits per heavy atom. The highest BCUT2D eigenvalue weighted by Crippen LogP contribution is 2.12. The SMILES string of the molecule is CCC(C(N)=O)N1CCOC(C(=O)OC)C1. The standard InChI is InChI=1S/C10H18N2O4/c1-3-7(9(11)13)12-4-5-16-8(6-12)10(14)15-2/h7-8H,3-6H2,1-2H3,(H2,11,13). The summed E-state index contributed by atoms with van der Waals surface area (Å²) in [5.74, 6) is -0.781. The van der Waals surface area contributed by atoms with Crippen LogP contribution < -0.4 is 5.73 Å². The Kier molecular flexibility index (Phi) is 4.70. The van der Waals surface area contributed by atoms with E-state index in [0.29, 0.717) is 26.1 Å². The van der Waals surface area contributed by atoms with E-state index in [-0.39, 0.29) is 11.9 Å². The predicted molar refractivity (Wildman–Crippen MR) is 56.6 cm³/mol. The number of morpholine rings is 1. The molecule has 1 aliphatic rings. The molecule has 2 unspecified atom stereocenters. The molecule has 2 atom stereocenters. The van der Waals surface area contributed by atoms with Gasteiger partial charge in [0.1, 0.15) is 0 Å². The van der Waals surface area contributed by atoms with Gasteiger partial charge in [-0.2, -0.15) is 0 Å². The fraction of sp³-hybridized carbons (Fsp3) is 0.800. The van der Waals surface area contributed by atoms with E-state index < -0.39 is 12.1 Å². The summed E-state index contributed by atoms with van der Waals surface area (Å²) in [5.41, 5.74) is 5.29. The molecule has 0 aromatic heterocycles. The smallest absolute Gasteiger partial charge is 0.336 e. The number of primary amides is 1. The van der Waals surface area contributed by atoms with E-state index in [9.17, 15) is 9.59 Å². The van der Waals surface area contributed by atoms with Crippen molar-refractivity contribution in [1.29, 1.82) is 0 Å². The van der Waals surface area contributed by atoms with E-state index in [1.54, 1.807) is 0 Å². The van der Waals surface area contributed by atoms with Crippen LogP contribution in [0.1, 0.15) is 13.3 Å². The summed E-state index contributed by atoms with van der Waals surface area (Å²) >= 11 is 0. The topological polar surface area (TPSA) is 81.9 Å². The number of nitrogens with two attached hydrogens (primary N) is 1. The van der Waals surface area contributed by atoms with Gasteiger partial charge in [-0.15, -0.1) is 0 Å². The Bertz CT molecular complexity index is 270. The lowest BCUT2D eigenvalue weighted by Gasteiger charge is -2.35. The largest absolute Gasteiger partial charge is 0.467 e. The zero-order chi connectivity index (χ0) is 12.1. The minimum absolute atomic E-state index is 0.337. The van der Waals surface area contributed by atoms with Gasteiger partial charge in [-0.25, -0.2) is 4.79 Å². The van der Waals surface area contributed by atoms with Gasteiger partial charge in [0.25, 0.3) is 0 Å². The Hall–Kier alpha value is -1.14. The number of ether oxygens (including phenoxy) is 2. The van der Waals surface area contributed by atoms with Gasteiger partial charge in [-0.05, 0) is 6.42 Å². The first-order valence-corrected chi connectivity index (χ1v) is 5.33. The second-order valence-corrected chi connectivity index (χ2v) is 3.70. The van der Waals surface area contributed by atoms with Crippen molar-refractivity contribution in [2.45, 2.75) is 25.5 Å². The minimum atomic E-state index is -0.618. The summed E-state index contributed by atoms with van der Waals surface area (Å²) in [4.78, 5) is 24.4. The molecule has 1 heterocycles. The van der Waals surface area contributed by atoms with Crippen molar-refractivity contribution in [3.8, 4) is 0 Å². The fourth-order valence-electron chi connectivity index (χ4n) is 1.87. The normalized spacial score (nSPS) is 23.8.